The maximum Gasteiger partial charge on any atom is 0.143 e. The first-order valence-corrected chi connectivity index (χ1v) is 6.45. The summed E-state index contributed by atoms with van der Waals surface area (Å²) in [7, 11) is 0. The van der Waals surface area contributed by atoms with E-state index in [-0.39, 0.29) is 6.04 Å². The number of nitrogens with zero attached hydrogens (tertiary/aromatic N) is 1. The SMILES string of the molecule is O=CC1NN(c2ccccc2)c2cc(Br)ccc21. The fraction of sp³-hybridized carbons (Fsp3) is 0.0714. The highest BCUT2D eigenvalue weighted by atomic mass is 79.9. The molecule has 90 valence electrons. The van der Waals surface area contributed by atoms with Crippen LogP contribution >= 0.6 is 15.9 Å². The van der Waals surface area contributed by atoms with Crippen molar-refractivity contribution in [2.45, 2.75) is 6.04 Å². The second-order valence-corrected chi connectivity index (χ2v) is 5.03. The van der Waals surface area contributed by atoms with Crippen molar-refractivity contribution in [2.24, 2.45) is 0 Å². The number of aldehydes is 1. The molecule has 2 aromatic carbocycles. The summed E-state index contributed by atoms with van der Waals surface area (Å²) >= 11 is 3.46. The van der Waals surface area contributed by atoms with Gasteiger partial charge in [-0.1, -0.05) is 40.2 Å². The predicted octanol–water partition coefficient (Wildman–Crippen LogP) is 3.35. The fourth-order valence-corrected chi connectivity index (χ4v) is 2.50. The Morgan fingerprint density at radius 2 is 1.94 bits per heavy atom. The third-order valence-corrected chi connectivity index (χ3v) is 3.48. The van der Waals surface area contributed by atoms with Crippen LogP contribution in [-0.2, 0) is 4.79 Å². The van der Waals surface area contributed by atoms with E-state index in [0.29, 0.717) is 0 Å². The number of anilines is 2. The molecule has 1 heterocycles. The molecular formula is C14H11BrN2O. The summed E-state index contributed by atoms with van der Waals surface area (Å²) in [5.74, 6) is 0. The van der Waals surface area contributed by atoms with Crippen molar-refractivity contribution in [1.82, 2.24) is 5.43 Å². The first-order valence-electron chi connectivity index (χ1n) is 5.65. The van der Waals surface area contributed by atoms with Crippen LogP contribution in [0.15, 0.2) is 53.0 Å². The molecule has 0 aliphatic carbocycles. The van der Waals surface area contributed by atoms with Gasteiger partial charge in [-0.05, 0) is 24.3 Å². The molecule has 18 heavy (non-hydrogen) atoms. The van der Waals surface area contributed by atoms with Gasteiger partial charge in [0.2, 0.25) is 0 Å². The van der Waals surface area contributed by atoms with Gasteiger partial charge < -0.3 is 4.79 Å². The molecule has 0 amide bonds. The van der Waals surface area contributed by atoms with E-state index in [2.05, 4.69) is 21.4 Å². The average molecular weight is 303 g/mol. The number of halogens is 1. The van der Waals surface area contributed by atoms with Crippen molar-refractivity contribution in [2.75, 3.05) is 5.01 Å². The van der Waals surface area contributed by atoms with Crippen LogP contribution in [-0.4, -0.2) is 6.29 Å². The smallest absolute Gasteiger partial charge is 0.143 e. The molecule has 0 saturated heterocycles. The summed E-state index contributed by atoms with van der Waals surface area (Å²) in [6.45, 7) is 0. The Hall–Kier alpha value is -1.65. The number of carbonyl (C=O) groups is 1. The molecule has 1 N–H and O–H groups in total. The second kappa shape index (κ2) is 4.55. The van der Waals surface area contributed by atoms with Crippen LogP contribution in [0.5, 0.6) is 0 Å². The summed E-state index contributed by atoms with van der Waals surface area (Å²) in [4.78, 5) is 11.1. The first kappa shape index (κ1) is 11.4. The molecule has 1 unspecified atom stereocenters. The van der Waals surface area contributed by atoms with E-state index in [1.807, 2.05) is 53.5 Å². The first-order chi connectivity index (χ1) is 8.79. The van der Waals surface area contributed by atoms with E-state index >= 15 is 0 Å². The van der Waals surface area contributed by atoms with Gasteiger partial charge in [0.05, 0.1) is 11.4 Å². The second-order valence-electron chi connectivity index (χ2n) is 4.12. The van der Waals surface area contributed by atoms with Crippen LogP contribution < -0.4 is 10.4 Å². The molecule has 3 rings (SSSR count). The molecule has 3 nitrogen and oxygen atoms in total. The highest BCUT2D eigenvalue weighted by Gasteiger charge is 2.28. The molecule has 0 spiro atoms. The lowest BCUT2D eigenvalue weighted by atomic mass is 10.1. The van der Waals surface area contributed by atoms with E-state index in [9.17, 15) is 4.79 Å². The molecule has 1 aliphatic rings. The maximum absolute atomic E-state index is 11.1. The van der Waals surface area contributed by atoms with Crippen molar-refractivity contribution in [1.29, 1.82) is 0 Å². The molecule has 0 radical (unpaired) electrons. The van der Waals surface area contributed by atoms with Gasteiger partial charge >= 0.3 is 0 Å². The van der Waals surface area contributed by atoms with Gasteiger partial charge in [0.25, 0.3) is 0 Å². The van der Waals surface area contributed by atoms with Gasteiger partial charge in [-0.15, -0.1) is 0 Å². The van der Waals surface area contributed by atoms with Crippen LogP contribution in [0.4, 0.5) is 11.4 Å². The molecule has 1 atom stereocenters. The summed E-state index contributed by atoms with van der Waals surface area (Å²) in [5.41, 5.74) is 6.21. The predicted molar refractivity (Wildman–Crippen MR) is 74.7 cm³/mol. The number of hydrogen-bond acceptors (Lipinski definition) is 3. The zero-order chi connectivity index (χ0) is 12.5. The zero-order valence-electron chi connectivity index (χ0n) is 9.51. The van der Waals surface area contributed by atoms with Crippen molar-refractivity contribution in [3.8, 4) is 0 Å². The number of rotatable bonds is 2. The quantitative estimate of drug-likeness (QED) is 0.864. The Bertz CT molecular complexity index is 586. The lowest BCUT2D eigenvalue weighted by Gasteiger charge is -2.19. The van der Waals surface area contributed by atoms with Gasteiger partial charge in [0, 0.05) is 10.0 Å². The zero-order valence-corrected chi connectivity index (χ0v) is 11.1. The van der Waals surface area contributed by atoms with Crippen LogP contribution in [0, 0.1) is 0 Å². The number of hydrazine groups is 1. The Kier molecular flexibility index (Phi) is 2.89. The van der Waals surface area contributed by atoms with Gasteiger partial charge in [-0.2, -0.15) is 0 Å². The number of para-hydroxylation sites is 1. The molecule has 0 fully saturated rings. The van der Waals surface area contributed by atoms with Crippen LogP contribution in [0.25, 0.3) is 0 Å². The lowest BCUT2D eigenvalue weighted by molar-refractivity contribution is -0.109. The number of nitrogens with one attached hydrogen (secondary N) is 1. The molecule has 0 saturated carbocycles. The maximum atomic E-state index is 11.1. The number of hydrogen-bond donors (Lipinski definition) is 1. The van der Waals surface area contributed by atoms with Crippen LogP contribution in [0.3, 0.4) is 0 Å². The van der Waals surface area contributed by atoms with Crippen LogP contribution in [0.1, 0.15) is 11.6 Å². The van der Waals surface area contributed by atoms with E-state index in [1.165, 1.54) is 0 Å². The van der Waals surface area contributed by atoms with Gasteiger partial charge in [0.1, 0.15) is 12.3 Å². The van der Waals surface area contributed by atoms with Crippen LogP contribution in [0.2, 0.25) is 0 Å². The van der Waals surface area contributed by atoms with E-state index < -0.39 is 0 Å². The van der Waals surface area contributed by atoms with E-state index in [4.69, 9.17) is 0 Å². The molecule has 2 aromatic rings. The van der Waals surface area contributed by atoms with Gasteiger partial charge in [-0.3, -0.25) is 5.01 Å². The molecule has 0 bridgehead atoms. The minimum atomic E-state index is -0.284. The topological polar surface area (TPSA) is 32.3 Å². The molecule has 4 heteroatoms. The molecular weight excluding hydrogens is 292 g/mol. The standard InChI is InChI=1S/C14H11BrN2O/c15-10-6-7-12-13(9-18)16-17(14(12)8-10)11-4-2-1-3-5-11/h1-9,13,16H. The third-order valence-electron chi connectivity index (χ3n) is 2.99. The van der Waals surface area contributed by atoms with E-state index in [1.54, 1.807) is 0 Å². The lowest BCUT2D eigenvalue weighted by Crippen LogP contribution is -2.30. The Morgan fingerprint density at radius 1 is 1.17 bits per heavy atom. The molecule has 1 aliphatic heterocycles. The molecule has 0 aromatic heterocycles. The summed E-state index contributed by atoms with van der Waals surface area (Å²) < 4.78 is 0.996. The van der Waals surface area contributed by atoms with E-state index in [0.717, 1.165) is 27.7 Å². The van der Waals surface area contributed by atoms with Crippen molar-refractivity contribution >= 4 is 33.6 Å². The number of benzene rings is 2. The fourth-order valence-electron chi connectivity index (χ4n) is 2.15. The average Bonchev–Trinajstić information content (AvgIpc) is 2.77. The highest BCUT2D eigenvalue weighted by Crippen LogP contribution is 2.38. The summed E-state index contributed by atoms with van der Waals surface area (Å²) in [6, 6.07) is 15.6. The van der Waals surface area contributed by atoms with Gasteiger partial charge in [0.15, 0.2) is 0 Å². The third kappa shape index (κ3) is 1.83. The highest BCUT2D eigenvalue weighted by molar-refractivity contribution is 9.10. The minimum absolute atomic E-state index is 0.284. The monoisotopic (exact) mass is 302 g/mol. The summed E-state index contributed by atoms with van der Waals surface area (Å²) in [5, 5.41) is 1.94. The minimum Gasteiger partial charge on any atom is -0.301 e. The normalized spacial score (nSPS) is 17.6. The Balaban J connectivity index is 2.10. The number of carbonyl (C=O) groups excluding carboxylic acids is 1. The Morgan fingerprint density at radius 3 is 2.67 bits per heavy atom. The van der Waals surface area contributed by atoms with Crippen molar-refractivity contribution < 1.29 is 4.79 Å². The van der Waals surface area contributed by atoms with Crippen molar-refractivity contribution in [3.05, 3.63) is 58.6 Å². The number of fused-ring (bicyclic) bond motifs is 1. The summed E-state index contributed by atoms with van der Waals surface area (Å²) in [6.07, 6.45) is 0.926. The largest absolute Gasteiger partial charge is 0.301 e. The van der Waals surface area contributed by atoms with Gasteiger partial charge in [-0.25, -0.2) is 5.43 Å². The van der Waals surface area contributed by atoms with Crippen molar-refractivity contribution in [3.63, 3.8) is 0 Å². The Labute approximate surface area is 114 Å².